The van der Waals surface area contributed by atoms with Gasteiger partial charge in [0.25, 0.3) is 5.91 Å². The summed E-state index contributed by atoms with van der Waals surface area (Å²) in [6, 6.07) is 6.84. The number of rotatable bonds is 6. The molecule has 1 aromatic rings. The van der Waals surface area contributed by atoms with Crippen LogP contribution in [0, 0.1) is 23.2 Å². The molecular weight excluding hydrogens is 342 g/mol. The molecule has 4 fully saturated rings. The molecule has 5 rings (SSSR count). The monoisotopic (exact) mass is 371 g/mol. The molecule has 0 aromatic heterocycles. The summed E-state index contributed by atoms with van der Waals surface area (Å²) < 4.78 is 10.3. The van der Waals surface area contributed by atoms with Gasteiger partial charge in [0.1, 0.15) is 5.75 Å². The van der Waals surface area contributed by atoms with Gasteiger partial charge in [-0.15, -0.1) is 0 Å². The lowest BCUT2D eigenvalue weighted by Crippen LogP contribution is -2.56. The second kappa shape index (κ2) is 7.17. The van der Waals surface area contributed by atoms with Gasteiger partial charge in [0, 0.05) is 6.04 Å². The minimum Gasteiger partial charge on any atom is -0.484 e. The maximum absolute atomic E-state index is 12.4. The van der Waals surface area contributed by atoms with Crippen LogP contribution in [0.5, 0.6) is 5.75 Å². The molecular formula is C22H29NO4. The molecule has 146 valence electrons. The van der Waals surface area contributed by atoms with Crippen molar-refractivity contribution in [3.63, 3.8) is 0 Å². The fourth-order valence-corrected chi connectivity index (χ4v) is 6.10. The van der Waals surface area contributed by atoms with Crippen LogP contribution in [0.3, 0.4) is 0 Å². The summed E-state index contributed by atoms with van der Waals surface area (Å²) in [5.41, 5.74) is 0.761. The van der Waals surface area contributed by atoms with Crippen molar-refractivity contribution in [1.29, 1.82) is 0 Å². The molecule has 27 heavy (non-hydrogen) atoms. The van der Waals surface area contributed by atoms with Crippen LogP contribution in [0.15, 0.2) is 24.3 Å². The van der Waals surface area contributed by atoms with Gasteiger partial charge in [-0.1, -0.05) is 0 Å². The summed E-state index contributed by atoms with van der Waals surface area (Å²) in [6.45, 7) is 2.17. The third kappa shape index (κ3) is 3.69. The zero-order valence-electron chi connectivity index (χ0n) is 16.2. The summed E-state index contributed by atoms with van der Waals surface area (Å²) >= 11 is 0. The van der Waals surface area contributed by atoms with Gasteiger partial charge in [0.15, 0.2) is 6.61 Å². The molecule has 1 amide bonds. The number of hydrogen-bond acceptors (Lipinski definition) is 4. The summed E-state index contributed by atoms with van der Waals surface area (Å²) in [4.78, 5) is 23.9. The summed E-state index contributed by atoms with van der Waals surface area (Å²) in [7, 11) is 1.35. The molecule has 5 nitrogen and oxygen atoms in total. The summed E-state index contributed by atoms with van der Waals surface area (Å²) in [5.74, 6) is 2.74. The van der Waals surface area contributed by atoms with Gasteiger partial charge in [-0.25, -0.2) is 4.79 Å². The van der Waals surface area contributed by atoms with Crippen molar-refractivity contribution in [2.24, 2.45) is 23.2 Å². The molecule has 0 aliphatic heterocycles. The van der Waals surface area contributed by atoms with Crippen LogP contribution in [0.1, 0.15) is 55.8 Å². The van der Waals surface area contributed by atoms with E-state index < -0.39 is 0 Å². The van der Waals surface area contributed by atoms with Crippen LogP contribution >= 0.6 is 0 Å². The largest absolute Gasteiger partial charge is 0.484 e. The highest BCUT2D eigenvalue weighted by Gasteiger charge is 2.53. The first kappa shape index (κ1) is 18.3. The highest BCUT2D eigenvalue weighted by Crippen LogP contribution is 2.61. The molecule has 4 aliphatic rings. The molecule has 0 heterocycles. The smallest absolute Gasteiger partial charge is 0.337 e. The lowest BCUT2D eigenvalue weighted by molar-refractivity contribution is -0.127. The van der Waals surface area contributed by atoms with Gasteiger partial charge >= 0.3 is 5.97 Å². The molecule has 0 saturated heterocycles. The van der Waals surface area contributed by atoms with Crippen molar-refractivity contribution >= 4 is 11.9 Å². The Morgan fingerprint density at radius 3 is 2.15 bits per heavy atom. The van der Waals surface area contributed by atoms with Gasteiger partial charge in [0.2, 0.25) is 0 Å². The van der Waals surface area contributed by atoms with E-state index in [1.807, 2.05) is 0 Å². The molecule has 0 spiro atoms. The number of nitrogens with one attached hydrogen (secondary N) is 1. The molecule has 1 aromatic carbocycles. The van der Waals surface area contributed by atoms with Crippen molar-refractivity contribution in [3.05, 3.63) is 29.8 Å². The lowest BCUT2D eigenvalue weighted by Gasteiger charge is -2.59. The van der Waals surface area contributed by atoms with Crippen LogP contribution in [0.4, 0.5) is 0 Å². The van der Waals surface area contributed by atoms with Gasteiger partial charge < -0.3 is 14.8 Å². The normalized spacial score (nSPS) is 32.0. The van der Waals surface area contributed by atoms with E-state index in [1.54, 1.807) is 24.3 Å². The number of esters is 1. The van der Waals surface area contributed by atoms with E-state index in [9.17, 15) is 9.59 Å². The summed E-state index contributed by atoms with van der Waals surface area (Å²) in [5, 5.41) is 3.21. The number of ether oxygens (including phenoxy) is 2. The summed E-state index contributed by atoms with van der Waals surface area (Å²) in [6.07, 6.45) is 8.04. The predicted molar refractivity (Wildman–Crippen MR) is 101 cm³/mol. The number of amides is 1. The Hall–Kier alpha value is -2.04. The molecule has 4 saturated carbocycles. The average molecular weight is 371 g/mol. The van der Waals surface area contributed by atoms with E-state index in [0.29, 0.717) is 16.7 Å². The van der Waals surface area contributed by atoms with Gasteiger partial charge in [-0.2, -0.15) is 0 Å². The number of carbonyl (C=O) groups excluding carboxylic acids is 2. The van der Waals surface area contributed by atoms with Gasteiger partial charge in [-0.05, 0) is 92.9 Å². The Morgan fingerprint density at radius 1 is 1.07 bits per heavy atom. The number of methoxy groups -OCH3 is 1. The molecule has 0 unspecified atom stereocenters. The van der Waals surface area contributed by atoms with Crippen LogP contribution < -0.4 is 10.1 Å². The second-order valence-corrected chi connectivity index (χ2v) is 8.87. The Bertz CT molecular complexity index is 676. The molecule has 4 bridgehead atoms. The Kier molecular flexibility index (Phi) is 4.87. The van der Waals surface area contributed by atoms with Crippen LogP contribution in [0.25, 0.3) is 0 Å². The molecule has 0 radical (unpaired) electrons. The fourth-order valence-electron chi connectivity index (χ4n) is 6.10. The van der Waals surface area contributed by atoms with Gasteiger partial charge in [0.05, 0.1) is 12.7 Å². The van der Waals surface area contributed by atoms with Crippen molar-refractivity contribution in [2.75, 3.05) is 13.7 Å². The lowest BCUT2D eigenvalue weighted by atomic mass is 9.48. The van der Waals surface area contributed by atoms with E-state index in [-0.39, 0.29) is 24.5 Å². The molecule has 4 aliphatic carbocycles. The number of benzene rings is 1. The molecule has 1 atom stereocenters. The first-order valence-corrected chi connectivity index (χ1v) is 10.1. The maximum Gasteiger partial charge on any atom is 0.337 e. The first-order chi connectivity index (χ1) is 13.0. The third-order valence-electron chi connectivity index (χ3n) is 7.03. The highest BCUT2D eigenvalue weighted by molar-refractivity contribution is 5.89. The van der Waals surface area contributed by atoms with Crippen LogP contribution in [0.2, 0.25) is 0 Å². The minimum atomic E-state index is -0.385. The fraction of sp³-hybridized carbons (Fsp3) is 0.636. The van der Waals surface area contributed by atoms with Crippen LogP contribution in [-0.2, 0) is 9.53 Å². The minimum absolute atomic E-state index is 0.00568. The van der Waals surface area contributed by atoms with Crippen molar-refractivity contribution in [2.45, 2.75) is 51.5 Å². The maximum atomic E-state index is 12.4. The predicted octanol–water partition coefficient (Wildman–Crippen LogP) is 3.57. The van der Waals surface area contributed by atoms with E-state index in [2.05, 4.69) is 17.0 Å². The first-order valence-electron chi connectivity index (χ1n) is 10.1. The number of carbonyl (C=O) groups is 2. The average Bonchev–Trinajstić information content (AvgIpc) is 2.65. The Balaban J connectivity index is 1.30. The Labute approximate surface area is 160 Å². The van der Waals surface area contributed by atoms with E-state index in [4.69, 9.17) is 4.74 Å². The van der Waals surface area contributed by atoms with Crippen molar-refractivity contribution < 1.29 is 19.1 Å². The van der Waals surface area contributed by atoms with Crippen LogP contribution in [-0.4, -0.2) is 31.6 Å². The zero-order chi connectivity index (χ0) is 19.0. The van der Waals surface area contributed by atoms with E-state index >= 15 is 0 Å². The van der Waals surface area contributed by atoms with Crippen molar-refractivity contribution in [3.8, 4) is 5.75 Å². The zero-order valence-corrected chi connectivity index (χ0v) is 16.2. The Morgan fingerprint density at radius 2 is 1.63 bits per heavy atom. The number of hydrogen-bond donors (Lipinski definition) is 1. The molecule has 1 N–H and O–H groups in total. The SMILES string of the molecule is COC(=O)c1ccc(OCC(=O)N[C@H](C)C23CC4CC(CC(C4)C2)C3)cc1. The van der Waals surface area contributed by atoms with E-state index in [1.165, 1.54) is 45.6 Å². The second-order valence-electron chi connectivity index (χ2n) is 8.87. The highest BCUT2D eigenvalue weighted by atomic mass is 16.5. The van der Waals surface area contributed by atoms with E-state index in [0.717, 1.165) is 17.8 Å². The van der Waals surface area contributed by atoms with Crippen molar-refractivity contribution in [1.82, 2.24) is 5.32 Å². The topological polar surface area (TPSA) is 64.6 Å². The quantitative estimate of drug-likeness (QED) is 0.777. The standard InChI is InChI=1S/C22H29NO4/c1-14(22-10-15-7-16(11-22)9-17(8-15)12-22)23-20(24)13-27-19-5-3-18(4-6-19)21(25)26-2/h3-6,14-17H,7-13H2,1-2H3,(H,23,24)/t14-,15?,16?,17?,22?/m1/s1. The van der Waals surface area contributed by atoms with Gasteiger partial charge in [-0.3, -0.25) is 4.79 Å². The molecule has 5 heteroatoms. The third-order valence-corrected chi connectivity index (χ3v) is 7.03.